The Morgan fingerprint density at radius 3 is 2.67 bits per heavy atom. The quantitative estimate of drug-likeness (QED) is 0.624. The highest BCUT2D eigenvalue weighted by atomic mass is 16.6. The molecule has 0 bridgehead atoms. The number of pyridine rings is 1. The number of carbonyl (C=O) groups is 1. The number of carbonyl (C=O) groups excluding carboxylic acids is 1. The van der Waals surface area contributed by atoms with Crippen LogP contribution in [0.3, 0.4) is 0 Å². The number of nitrogens with two attached hydrogens (primary N) is 1. The molecule has 2 heterocycles. The molecule has 0 saturated carbocycles. The van der Waals surface area contributed by atoms with Crippen LogP contribution >= 0.6 is 0 Å². The minimum absolute atomic E-state index is 0.154. The SMILES string of the molecule is CCC(C(=O)OC(C)(C)C)C(N)(O)c1nnc(-c2cccnc2)o1. The van der Waals surface area contributed by atoms with Crippen LogP contribution in [0.4, 0.5) is 0 Å². The summed E-state index contributed by atoms with van der Waals surface area (Å²) in [5, 5.41) is 18.3. The summed E-state index contributed by atoms with van der Waals surface area (Å²) in [6, 6.07) is 3.44. The molecule has 0 aliphatic rings. The van der Waals surface area contributed by atoms with E-state index in [0.717, 1.165) is 0 Å². The summed E-state index contributed by atoms with van der Waals surface area (Å²) >= 11 is 0. The van der Waals surface area contributed by atoms with Gasteiger partial charge in [0, 0.05) is 12.4 Å². The number of hydrogen-bond donors (Lipinski definition) is 2. The van der Waals surface area contributed by atoms with E-state index >= 15 is 0 Å². The Labute approximate surface area is 140 Å². The van der Waals surface area contributed by atoms with Crippen LogP contribution in [0.2, 0.25) is 0 Å². The summed E-state index contributed by atoms with van der Waals surface area (Å²) in [6.45, 7) is 6.92. The standard InChI is InChI=1S/C16H22N4O4/c1-5-11(13(21)24-15(2,3)4)16(17,22)14-20-19-12(23-14)10-7-6-8-18-9-10/h6-9,11,22H,5,17H2,1-4H3. The van der Waals surface area contributed by atoms with Crippen molar-refractivity contribution in [1.29, 1.82) is 0 Å². The summed E-state index contributed by atoms with van der Waals surface area (Å²) in [7, 11) is 0. The maximum absolute atomic E-state index is 12.3. The lowest BCUT2D eigenvalue weighted by atomic mass is 9.93. The molecule has 3 N–H and O–H groups in total. The van der Waals surface area contributed by atoms with Gasteiger partial charge in [-0.2, -0.15) is 0 Å². The molecule has 2 aromatic heterocycles. The zero-order valence-corrected chi connectivity index (χ0v) is 14.2. The van der Waals surface area contributed by atoms with E-state index < -0.39 is 23.2 Å². The van der Waals surface area contributed by atoms with Crippen molar-refractivity contribution in [3.63, 3.8) is 0 Å². The summed E-state index contributed by atoms with van der Waals surface area (Å²) in [6.07, 6.45) is 3.39. The molecular formula is C16H22N4O4. The van der Waals surface area contributed by atoms with Crippen LogP contribution < -0.4 is 5.73 Å². The van der Waals surface area contributed by atoms with Gasteiger partial charge in [0.15, 0.2) is 0 Å². The zero-order chi connectivity index (χ0) is 18.0. The number of aromatic nitrogens is 3. The Morgan fingerprint density at radius 2 is 2.12 bits per heavy atom. The summed E-state index contributed by atoms with van der Waals surface area (Å²) < 4.78 is 10.8. The van der Waals surface area contributed by atoms with Crippen molar-refractivity contribution in [3.05, 3.63) is 30.4 Å². The lowest BCUT2D eigenvalue weighted by Crippen LogP contribution is -2.49. The molecule has 0 radical (unpaired) electrons. The van der Waals surface area contributed by atoms with Crippen molar-refractivity contribution in [1.82, 2.24) is 15.2 Å². The van der Waals surface area contributed by atoms with Crippen molar-refractivity contribution >= 4 is 5.97 Å². The van der Waals surface area contributed by atoms with Gasteiger partial charge < -0.3 is 14.3 Å². The van der Waals surface area contributed by atoms with Crippen LogP contribution in [-0.4, -0.2) is 31.9 Å². The molecule has 24 heavy (non-hydrogen) atoms. The number of esters is 1. The zero-order valence-electron chi connectivity index (χ0n) is 14.2. The second-order valence-corrected chi connectivity index (χ2v) is 6.47. The fraction of sp³-hybridized carbons (Fsp3) is 0.500. The molecule has 0 aliphatic carbocycles. The summed E-state index contributed by atoms with van der Waals surface area (Å²) in [4.78, 5) is 16.3. The van der Waals surface area contributed by atoms with Crippen molar-refractivity contribution in [2.24, 2.45) is 11.7 Å². The number of aliphatic hydroxyl groups is 1. The molecule has 2 rings (SSSR count). The van der Waals surface area contributed by atoms with Gasteiger partial charge in [-0.05, 0) is 39.3 Å². The van der Waals surface area contributed by atoms with E-state index in [1.54, 1.807) is 46.0 Å². The summed E-state index contributed by atoms with van der Waals surface area (Å²) in [5.74, 6) is -1.77. The second kappa shape index (κ2) is 6.66. The Kier molecular flexibility index (Phi) is 5.00. The minimum Gasteiger partial charge on any atom is -0.460 e. The van der Waals surface area contributed by atoms with Gasteiger partial charge in [-0.1, -0.05) is 6.92 Å². The first-order chi connectivity index (χ1) is 11.1. The molecule has 2 aromatic rings. The third-order valence-electron chi connectivity index (χ3n) is 3.31. The lowest BCUT2D eigenvalue weighted by Gasteiger charge is -2.30. The van der Waals surface area contributed by atoms with Crippen molar-refractivity contribution in [3.8, 4) is 11.5 Å². The van der Waals surface area contributed by atoms with Crippen molar-refractivity contribution in [2.45, 2.75) is 45.4 Å². The molecule has 8 nitrogen and oxygen atoms in total. The van der Waals surface area contributed by atoms with E-state index in [-0.39, 0.29) is 18.2 Å². The third-order valence-corrected chi connectivity index (χ3v) is 3.31. The van der Waals surface area contributed by atoms with E-state index in [1.165, 1.54) is 6.20 Å². The monoisotopic (exact) mass is 334 g/mol. The fourth-order valence-electron chi connectivity index (χ4n) is 2.17. The van der Waals surface area contributed by atoms with Crippen LogP contribution in [0.15, 0.2) is 28.9 Å². The number of ether oxygens (including phenoxy) is 1. The molecule has 2 atom stereocenters. The first kappa shape index (κ1) is 18.0. The van der Waals surface area contributed by atoms with Gasteiger partial charge in [0.25, 0.3) is 5.89 Å². The molecular weight excluding hydrogens is 312 g/mol. The van der Waals surface area contributed by atoms with Crippen LogP contribution in [0.1, 0.15) is 40.0 Å². The molecule has 0 aromatic carbocycles. The second-order valence-electron chi connectivity index (χ2n) is 6.47. The predicted octanol–water partition coefficient (Wildman–Crippen LogP) is 1.60. The Morgan fingerprint density at radius 1 is 1.42 bits per heavy atom. The maximum atomic E-state index is 12.3. The number of hydrogen-bond acceptors (Lipinski definition) is 8. The lowest BCUT2D eigenvalue weighted by molar-refractivity contribution is -0.172. The minimum atomic E-state index is -2.13. The van der Waals surface area contributed by atoms with Gasteiger partial charge in [-0.15, -0.1) is 10.2 Å². The molecule has 130 valence electrons. The Balaban J connectivity index is 2.28. The predicted molar refractivity (Wildman–Crippen MR) is 85.2 cm³/mol. The first-order valence-electron chi connectivity index (χ1n) is 7.63. The normalized spacial score (nSPS) is 15.6. The van der Waals surface area contributed by atoms with Gasteiger partial charge in [-0.3, -0.25) is 15.5 Å². The van der Waals surface area contributed by atoms with Crippen molar-refractivity contribution < 1.29 is 19.1 Å². The van der Waals surface area contributed by atoms with E-state index in [9.17, 15) is 9.90 Å². The molecule has 0 amide bonds. The van der Waals surface area contributed by atoms with Gasteiger partial charge in [0.1, 0.15) is 11.5 Å². The highest BCUT2D eigenvalue weighted by Gasteiger charge is 2.45. The Bertz CT molecular complexity index is 692. The fourth-order valence-corrected chi connectivity index (χ4v) is 2.17. The van der Waals surface area contributed by atoms with E-state index in [2.05, 4.69) is 15.2 Å². The van der Waals surface area contributed by atoms with Gasteiger partial charge in [-0.25, -0.2) is 0 Å². The van der Waals surface area contributed by atoms with E-state index in [0.29, 0.717) is 5.56 Å². The van der Waals surface area contributed by atoms with Crippen LogP contribution in [0, 0.1) is 5.92 Å². The highest BCUT2D eigenvalue weighted by molar-refractivity contribution is 5.74. The molecule has 2 unspecified atom stereocenters. The molecule has 8 heteroatoms. The molecule has 0 spiro atoms. The summed E-state index contributed by atoms with van der Waals surface area (Å²) in [5.41, 5.74) is 3.70. The van der Waals surface area contributed by atoms with E-state index in [1.807, 2.05) is 0 Å². The number of rotatable bonds is 5. The van der Waals surface area contributed by atoms with Crippen LogP contribution in [0.5, 0.6) is 0 Å². The maximum Gasteiger partial charge on any atom is 0.314 e. The van der Waals surface area contributed by atoms with Gasteiger partial charge in [0.05, 0.1) is 5.56 Å². The van der Waals surface area contributed by atoms with Crippen LogP contribution in [-0.2, 0) is 15.3 Å². The largest absolute Gasteiger partial charge is 0.460 e. The van der Waals surface area contributed by atoms with Crippen molar-refractivity contribution in [2.75, 3.05) is 0 Å². The van der Waals surface area contributed by atoms with Crippen LogP contribution in [0.25, 0.3) is 11.5 Å². The Hall–Kier alpha value is -2.32. The molecule has 0 saturated heterocycles. The van der Waals surface area contributed by atoms with Gasteiger partial charge >= 0.3 is 5.97 Å². The molecule has 0 aliphatic heterocycles. The molecule has 0 fully saturated rings. The highest BCUT2D eigenvalue weighted by Crippen LogP contribution is 2.30. The number of nitrogens with zero attached hydrogens (tertiary/aromatic N) is 3. The third kappa shape index (κ3) is 3.95. The average Bonchev–Trinajstić information content (AvgIpc) is 2.97. The van der Waals surface area contributed by atoms with Gasteiger partial charge in [0.2, 0.25) is 11.6 Å². The topological polar surface area (TPSA) is 124 Å². The average molecular weight is 334 g/mol. The first-order valence-corrected chi connectivity index (χ1v) is 7.63. The smallest absolute Gasteiger partial charge is 0.314 e. The van der Waals surface area contributed by atoms with E-state index in [4.69, 9.17) is 14.9 Å².